The van der Waals surface area contributed by atoms with Gasteiger partial charge in [-0.1, -0.05) is 18.2 Å². The molecule has 1 heterocycles. The van der Waals surface area contributed by atoms with Crippen LogP contribution in [0.3, 0.4) is 0 Å². The van der Waals surface area contributed by atoms with Crippen LogP contribution in [0.1, 0.15) is 12.0 Å². The number of benzene rings is 1. The predicted molar refractivity (Wildman–Crippen MR) is 70.6 cm³/mol. The zero-order valence-corrected chi connectivity index (χ0v) is 11.6. The van der Waals surface area contributed by atoms with Crippen LogP contribution in [0.2, 0.25) is 0 Å². The minimum atomic E-state index is -4.74. The number of carbonyl (C=O) groups is 1. The summed E-state index contributed by atoms with van der Waals surface area (Å²) >= 11 is 0. The van der Waals surface area contributed by atoms with E-state index in [4.69, 9.17) is 0 Å². The number of hydrogen-bond donors (Lipinski definition) is 1. The molecule has 1 fully saturated rings. The molecule has 7 heteroatoms. The second kappa shape index (κ2) is 6.34. The van der Waals surface area contributed by atoms with E-state index in [0.29, 0.717) is 12.1 Å². The molecule has 1 saturated heterocycles. The van der Waals surface area contributed by atoms with Gasteiger partial charge in [-0.15, -0.1) is 13.2 Å². The summed E-state index contributed by atoms with van der Waals surface area (Å²) in [6.45, 7) is 1.49. The lowest BCUT2D eigenvalue weighted by atomic mass is 10.1. The fourth-order valence-corrected chi connectivity index (χ4v) is 2.37. The number of carbonyl (C=O) groups excluding carboxylic acids is 1. The SMILES string of the molecule is CN(Cc1ccccc1OC(F)(F)F)C(=O)[C@H]1CCNC1. The highest BCUT2D eigenvalue weighted by molar-refractivity contribution is 5.79. The van der Waals surface area contributed by atoms with E-state index in [1.54, 1.807) is 13.1 Å². The molecule has 1 aliphatic rings. The molecular weight excluding hydrogens is 285 g/mol. The fourth-order valence-electron chi connectivity index (χ4n) is 2.37. The number of alkyl halides is 3. The first kappa shape index (κ1) is 15.6. The third-order valence-corrected chi connectivity index (χ3v) is 3.39. The number of ether oxygens (including phenoxy) is 1. The molecule has 1 aromatic rings. The van der Waals surface area contributed by atoms with Crippen LogP contribution in [0.5, 0.6) is 5.75 Å². The standard InChI is InChI=1S/C14H17F3N2O2/c1-19(13(20)10-6-7-18-8-10)9-11-4-2-3-5-12(11)21-14(15,16)17/h2-5,10,18H,6-9H2,1H3/t10-/m0/s1. The summed E-state index contributed by atoms with van der Waals surface area (Å²) in [6.07, 6.45) is -3.99. The lowest BCUT2D eigenvalue weighted by Crippen LogP contribution is -2.33. The van der Waals surface area contributed by atoms with Gasteiger partial charge in [-0.2, -0.15) is 0 Å². The van der Waals surface area contributed by atoms with E-state index in [0.717, 1.165) is 13.0 Å². The van der Waals surface area contributed by atoms with E-state index in [-0.39, 0.29) is 24.1 Å². The number of amides is 1. The maximum atomic E-state index is 12.4. The zero-order valence-electron chi connectivity index (χ0n) is 11.6. The molecule has 1 atom stereocenters. The minimum absolute atomic E-state index is 0.0678. The molecule has 1 aliphatic heterocycles. The Morgan fingerprint density at radius 3 is 2.76 bits per heavy atom. The number of nitrogens with one attached hydrogen (secondary N) is 1. The second-order valence-electron chi connectivity index (χ2n) is 5.04. The fraction of sp³-hybridized carbons (Fsp3) is 0.500. The molecule has 0 spiro atoms. The van der Waals surface area contributed by atoms with E-state index in [1.165, 1.54) is 23.1 Å². The van der Waals surface area contributed by atoms with Crippen molar-refractivity contribution in [3.8, 4) is 5.75 Å². The number of para-hydroxylation sites is 1. The van der Waals surface area contributed by atoms with Crippen LogP contribution in [0, 0.1) is 5.92 Å². The Kier molecular flexibility index (Phi) is 4.72. The lowest BCUT2D eigenvalue weighted by Gasteiger charge is -2.22. The van der Waals surface area contributed by atoms with Crippen LogP contribution < -0.4 is 10.1 Å². The molecule has 2 rings (SSSR count). The van der Waals surface area contributed by atoms with Gasteiger partial charge in [-0.3, -0.25) is 4.79 Å². The highest BCUT2D eigenvalue weighted by Crippen LogP contribution is 2.27. The van der Waals surface area contributed by atoms with Crippen LogP contribution in [-0.4, -0.2) is 37.3 Å². The predicted octanol–water partition coefficient (Wildman–Crippen LogP) is 2.15. The van der Waals surface area contributed by atoms with Crippen molar-refractivity contribution >= 4 is 5.91 Å². The van der Waals surface area contributed by atoms with Gasteiger partial charge in [0.25, 0.3) is 0 Å². The molecule has 4 nitrogen and oxygen atoms in total. The number of rotatable bonds is 4. The Bertz CT molecular complexity index is 499. The number of halogens is 3. The van der Waals surface area contributed by atoms with Crippen LogP contribution in [0.4, 0.5) is 13.2 Å². The van der Waals surface area contributed by atoms with Gasteiger partial charge in [0.15, 0.2) is 0 Å². The van der Waals surface area contributed by atoms with E-state index in [2.05, 4.69) is 10.1 Å². The smallest absolute Gasteiger partial charge is 0.405 e. The molecule has 0 saturated carbocycles. The van der Waals surface area contributed by atoms with E-state index in [9.17, 15) is 18.0 Å². The van der Waals surface area contributed by atoms with Gasteiger partial charge >= 0.3 is 6.36 Å². The molecule has 1 aromatic carbocycles. The third-order valence-electron chi connectivity index (χ3n) is 3.39. The third kappa shape index (κ3) is 4.35. The van der Waals surface area contributed by atoms with Gasteiger partial charge in [0, 0.05) is 25.7 Å². The van der Waals surface area contributed by atoms with Gasteiger partial charge in [-0.25, -0.2) is 0 Å². The average Bonchev–Trinajstić information content (AvgIpc) is 2.92. The summed E-state index contributed by atoms with van der Waals surface area (Å²) in [5.74, 6) is -0.443. The molecule has 0 radical (unpaired) electrons. The van der Waals surface area contributed by atoms with Crippen LogP contribution in [0.25, 0.3) is 0 Å². The second-order valence-corrected chi connectivity index (χ2v) is 5.04. The topological polar surface area (TPSA) is 41.6 Å². The zero-order chi connectivity index (χ0) is 15.5. The van der Waals surface area contributed by atoms with Gasteiger partial charge in [0.05, 0.1) is 5.92 Å². The van der Waals surface area contributed by atoms with Crippen molar-refractivity contribution in [3.05, 3.63) is 29.8 Å². The van der Waals surface area contributed by atoms with Gasteiger partial charge < -0.3 is 15.0 Å². The van der Waals surface area contributed by atoms with Crippen molar-refractivity contribution in [1.82, 2.24) is 10.2 Å². The average molecular weight is 302 g/mol. The Balaban J connectivity index is 2.06. The van der Waals surface area contributed by atoms with Crippen molar-refractivity contribution in [2.45, 2.75) is 19.3 Å². The summed E-state index contributed by atoms with van der Waals surface area (Å²) in [5, 5.41) is 3.09. The van der Waals surface area contributed by atoms with Crippen molar-refractivity contribution < 1.29 is 22.7 Å². The number of nitrogens with zero attached hydrogens (tertiary/aromatic N) is 1. The number of hydrogen-bond acceptors (Lipinski definition) is 3. The molecule has 0 bridgehead atoms. The quantitative estimate of drug-likeness (QED) is 0.926. The minimum Gasteiger partial charge on any atom is -0.405 e. The molecular formula is C14H17F3N2O2. The molecule has 0 aliphatic carbocycles. The summed E-state index contributed by atoms with van der Waals surface area (Å²) in [7, 11) is 1.59. The Labute approximate surface area is 120 Å². The van der Waals surface area contributed by atoms with Gasteiger partial charge in [0.1, 0.15) is 5.75 Å². The van der Waals surface area contributed by atoms with Gasteiger partial charge in [-0.05, 0) is 19.0 Å². The Morgan fingerprint density at radius 1 is 1.43 bits per heavy atom. The summed E-state index contributed by atoms with van der Waals surface area (Å²) in [4.78, 5) is 13.6. The van der Waals surface area contributed by atoms with Crippen LogP contribution in [0.15, 0.2) is 24.3 Å². The molecule has 0 aromatic heterocycles. The first-order valence-electron chi connectivity index (χ1n) is 6.66. The largest absolute Gasteiger partial charge is 0.573 e. The molecule has 1 N–H and O–H groups in total. The lowest BCUT2D eigenvalue weighted by molar-refractivity contribution is -0.275. The first-order chi connectivity index (χ1) is 9.87. The van der Waals surface area contributed by atoms with Crippen LogP contribution >= 0.6 is 0 Å². The summed E-state index contributed by atoms with van der Waals surface area (Å²) in [6, 6.07) is 5.86. The Hall–Kier alpha value is -1.76. The maximum Gasteiger partial charge on any atom is 0.573 e. The Morgan fingerprint density at radius 2 is 2.14 bits per heavy atom. The normalized spacial score (nSPS) is 18.6. The highest BCUT2D eigenvalue weighted by atomic mass is 19.4. The molecule has 21 heavy (non-hydrogen) atoms. The van der Waals surface area contributed by atoms with E-state index < -0.39 is 6.36 Å². The molecule has 0 unspecified atom stereocenters. The summed E-state index contributed by atoms with van der Waals surface area (Å²) < 4.78 is 41.0. The molecule has 1 amide bonds. The maximum absolute atomic E-state index is 12.4. The summed E-state index contributed by atoms with van der Waals surface area (Å²) in [5.41, 5.74) is 0.330. The van der Waals surface area contributed by atoms with Crippen LogP contribution in [-0.2, 0) is 11.3 Å². The van der Waals surface area contributed by atoms with Crippen molar-refractivity contribution in [2.24, 2.45) is 5.92 Å². The van der Waals surface area contributed by atoms with Crippen molar-refractivity contribution in [2.75, 3.05) is 20.1 Å². The highest BCUT2D eigenvalue weighted by Gasteiger charge is 2.32. The van der Waals surface area contributed by atoms with E-state index in [1.807, 2.05) is 0 Å². The van der Waals surface area contributed by atoms with Crippen molar-refractivity contribution in [3.63, 3.8) is 0 Å². The van der Waals surface area contributed by atoms with Crippen molar-refractivity contribution in [1.29, 1.82) is 0 Å². The first-order valence-corrected chi connectivity index (χ1v) is 6.66. The monoisotopic (exact) mass is 302 g/mol. The van der Waals surface area contributed by atoms with E-state index >= 15 is 0 Å². The van der Waals surface area contributed by atoms with Gasteiger partial charge in [0.2, 0.25) is 5.91 Å². The molecule has 116 valence electrons.